The third kappa shape index (κ3) is 13.4. The maximum Gasteiger partial charge on any atom is 0.329 e. The summed E-state index contributed by atoms with van der Waals surface area (Å²) in [6, 6.07) is 0. The standard InChI is InChI=1S/C5H12O4.C2H4O3.CH2S4/c6-1-5(2-7,3-8)4-9;3-1-2(4)5;1-2-4-5-3-1/h6-9H,1-4H2;3H,1H2,(H,4,5);1H2. The molecule has 0 amide bonds. The molecule has 0 aromatic heterocycles. The molecule has 1 heterocycles. The van der Waals surface area contributed by atoms with Crippen molar-refractivity contribution < 1.29 is 35.4 Å². The quantitative estimate of drug-likeness (QED) is 0.361. The van der Waals surface area contributed by atoms with Gasteiger partial charge in [0.05, 0.1) is 36.9 Å². The number of aliphatic hydroxyl groups is 5. The minimum absolute atomic E-state index is 0.406. The average Bonchev–Trinajstić information content (AvgIpc) is 3.02. The van der Waals surface area contributed by atoms with Crippen LogP contribution >= 0.6 is 41.2 Å². The van der Waals surface area contributed by atoms with E-state index in [1.165, 1.54) is 5.08 Å². The Kier molecular flexibility index (Phi) is 17.4. The number of carboxylic acids is 1. The van der Waals surface area contributed by atoms with E-state index in [1.807, 2.05) is 41.2 Å². The molecule has 6 N–H and O–H groups in total. The maximum absolute atomic E-state index is 9.12. The predicted molar refractivity (Wildman–Crippen MR) is 80.7 cm³/mol. The largest absolute Gasteiger partial charge is 0.480 e. The Balaban J connectivity index is 0. The Hall–Kier alpha value is 0.670. The average molecular weight is 354 g/mol. The van der Waals surface area contributed by atoms with Gasteiger partial charge in [-0.3, -0.25) is 0 Å². The van der Waals surface area contributed by atoms with Gasteiger partial charge in [-0.1, -0.05) is 21.6 Å². The van der Waals surface area contributed by atoms with Crippen molar-refractivity contribution in [2.24, 2.45) is 5.41 Å². The number of hydrogen-bond donors (Lipinski definition) is 6. The lowest BCUT2D eigenvalue weighted by atomic mass is 9.93. The van der Waals surface area contributed by atoms with E-state index in [-0.39, 0.29) is 0 Å². The molecule has 0 aromatic carbocycles. The number of aliphatic hydroxyl groups excluding tert-OH is 5. The topological polar surface area (TPSA) is 138 Å². The van der Waals surface area contributed by atoms with Crippen molar-refractivity contribution in [3.05, 3.63) is 0 Å². The van der Waals surface area contributed by atoms with Gasteiger partial charge in [-0.25, -0.2) is 4.79 Å². The summed E-state index contributed by atoms with van der Waals surface area (Å²) in [6.45, 7) is -2.40. The summed E-state index contributed by atoms with van der Waals surface area (Å²) in [6.07, 6.45) is 0. The monoisotopic (exact) mass is 354 g/mol. The Labute approximate surface area is 126 Å². The molecule has 1 aliphatic rings. The first kappa shape index (κ1) is 22.0. The second-order valence-corrected chi connectivity index (χ2v) is 9.54. The smallest absolute Gasteiger partial charge is 0.329 e. The van der Waals surface area contributed by atoms with Crippen LogP contribution in [0.25, 0.3) is 0 Å². The molecule has 0 unspecified atom stereocenters. The molecule has 1 saturated heterocycles. The summed E-state index contributed by atoms with van der Waals surface area (Å²) in [5.41, 5.74) is -1.11. The molecular weight excluding hydrogens is 336 g/mol. The number of carbonyl (C=O) groups is 1. The van der Waals surface area contributed by atoms with Crippen LogP contribution in [0.3, 0.4) is 0 Å². The predicted octanol–water partition coefficient (Wildman–Crippen LogP) is -0.359. The highest BCUT2D eigenvalue weighted by Gasteiger charge is 2.26. The van der Waals surface area contributed by atoms with Crippen molar-refractivity contribution in [1.29, 1.82) is 0 Å². The van der Waals surface area contributed by atoms with Crippen LogP contribution in [0.2, 0.25) is 0 Å². The Morgan fingerprint density at radius 3 is 1.26 bits per heavy atom. The van der Waals surface area contributed by atoms with E-state index < -0.39 is 44.4 Å². The molecule has 0 atom stereocenters. The van der Waals surface area contributed by atoms with Gasteiger partial charge in [0.1, 0.15) is 6.61 Å². The molecule has 1 rings (SSSR count). The van der Waals surface area contributed by atoms with Gasteiger partial charge >= 0.3 is 5.97 Å². The van der Waals surface area contributed by atoms with E-state index in [1.54, 1.807) is 0 Å². The summed E-state index contributed by atoms with van der Waals surface area (Å²) < 4.78 is 0. The molecule has 1 aliphatic heterocycles. The number of aliphatic carboxylic acids is 1. The highest BCUT2D eigenvalue weighted by atomic mass is 33.7. The molecule has 0 spiro atoms. The molecule has 0 radical (unpaired) electrons. The molecular formula is C8H18O7S4. The van der Waals surface area contributed by atoms with Crippen LogP contribution in [-0.4, -0.2) is 74.7 Å². The third-order valence-electron chi connectivity index (χ3n) is 1.70. The van der Waals surface area contributed by atoms with Crippen molar-refractivity contribution in [1.82, 2.24) is 0 Å². The first-order valence-corrected chi connectivity index (χ1v) is 10.0. The van der Waals surface area contributed by atoms with Crippen LogP contribution in [0, 0.1) is 5.41 Å². The van der Waals surface area contributed by atoms with Gasteiger partial charge < -0.3 is 30.6 Å². The van der Waals surface area contributed by atoms with Crippen LogP contribution in [0.15, 0.2) is 0 Å². The maximum atomic E-state index is 9.12. The van der Waals surface area contributed by atoms with Gasteiger partial charge in [0, 0.05) is 0 Å². The molecule has 116 valence electrons. The second kappa shape index (κ2) is 15.1. The van der Waals surface area contributed by atoms with E-state index in [4.69, 9.17) is 35.4 Å². The number of rotatable bonds is 5. The van der Waals surface area contributed by atoms with Crippen molar-refractivity contribution >= 4 is 47.2 Å². The van der Waals surface area contributed by atoms with Crippen LogP contribution in [0.1, 0.15) is 0 Å². The number of carboxylic acid groups (broad SMARTS) is 1. The van der Waals surface area contributed by atoms with E-state index in [2.05, 4.69) is 0 Å². The Morgan fingerprint density at radius 1 is 0.895 bits per heavy atom. The van der Waals surface area contributed by atoms with Crippen molar-refractivity contribution in [2.45, 2.75) is 0 Å². The fourth-order valence-corrected chi connectivity index (χ4v) is 8.25. The summed E-state index contributed by atoms with van der Waals surface area (Å²) in [5, 5.41) is 50.3. The van der Waals surface area contributed by atoms with E-state index >= 15 is 0 Å². The zero-order valence-electron chi connectivity index (χ0n) is 9.97. The van der Waals surface area contributed by atoms with Crippen LogP contribution in [0.5, 0.6) is 0 Å². The molecule has 19 heavy (non-hydrogen) atoms. The Bertz CT molecular complexity index is 186. The molecule has 0 aliphatic carbocycles. The molecule has 11 heteroatoms. The van der Waals surface area contributed by atoms with Crippen molar-refractivity contribution in [2.75, 3.05) is 38.1 Å². The first-order valence-electron chi connectivity index (χ1n) is 4.85. The van der Waals surface area contributed by atoms with Gasteiger partial charge in [-0.15, -0.1) is 0 Å². The fraction of sp³-hybridized carbons (Fsp3) is 0.875. The normalized spacial score (nSPS) is 13.9. The molecule has 0 saturated carbocycles. The lowest BCUT2D eigenvalue weighted by Gasteiger charge is -2.23. The molecule has 1 fully saturated rings. The SMILES string of the molecule is C1SSSS1.O=C(O)CO.OCC(CO)(CO)CO. The van der Waals surface area contributed by atoms with Crippen LogP contribution in [-0.2, 0) is 4.79 Å². The van der Waals surface area contributed by atoms with E-state index in [0.717, 1.165) is 0 Å². The van der Waals surface area contributed by atoms with E-state index in [9.17, 15) is 0 Å². The Morgan fingerprint density at radius 2 is 1.21 bits per heavy atom. The van der Waals surface area contributed by atoms with Crippen molar-refractivity contribution in [3.8, 4) is 0 Å². The third-order valence-corrected chi connectivity index (χ3v) is 8.92. The highest BCUT2D eigenvalue weighted by Crippen LogP contribution is 2.53. The lowest BCUT2D eigenvalue weighted by molar-refractivity contribution is -0.140. The van der Waals surface area contributed by atoms with Crippen LogP contribution < -0.4 is 0 Å². The van der Waals surface area contributed by atoms with Gasteiger partial charge in [0.15, 0.2) is 0 Å². The van der Waals surface area contributed by atoms with Gasteiger partial charge in [-0.2, -0.15) is 0 Å². The minimum Gasteiger partial charge on any atom is -0.480 e. The lowest BCUT2D eigenvalue weighted by Crippen LogP contribution is -2.37. The minimum atomic E-state index is -1.19. The second-order valence-electron chi connectivity index (χ2n) is 3.17. The molecule has 0 bridgehead atoms. The first-order chi connectivity index (χ1) is 9.01. The zero-order chi connectivity index (χ0) is 15.1. The van der Waals surface area contributed by atoms with Crippen LogP contribution in [0.4, 0.5) is 0 Å². The van der Waals surface area contributed by atoms with Gasteiger partial charge in [0.25, 0.3) is 0 Å². The summed E-state index contributed by atoms with van der Waals surface area (Å²) in [4.78, 5) is 9.12. The summed E-state index contributed by atoms with van der Waals surface area (Å²) in [7, 11) is 7.57. The number of hydrogen-bond acceptors (Lipinski definition) is 10. The molecule has 0 aromatic rings. The van der Waals surface area contributed by atoms with Gasteiger partial charge in [-0.05, 0) is 19.7 Å². The fourth-order valence-electron chi connectivity index (χ4n) is 0.398. The zero-order valence-corrected chi connectivity index (χ0v) is 13.2. The summed E-state index contributed by atoms with van der Waals surface area (Å²) >= 11 is 0. The summed E-state index contributed by atoms with van der Waals surface area (Å²) in [5.74, 6) is -1.19. The highest BCUT2D eigenvalue weighted by molar-refractivity contribution is 9.30. The van der Waals surface area contributed by atoms with Crippen molar-refractivity contribution in [3.63, 3.8) is 0 Å². The van der Waals surface area contributed by atoms with E-state index in [0.29, 0.717) is 0 Å². The molecule has 7 nitrogen and oxygen atoms in total. The van der Waals surface area contributed by atoms with Gasteiger partial charge in [0.2, 0.25) is 0 Å².